The Morgan fingerprint density at radius 2 is 1.79 bits per heavy atom. The maximum absolute atomic E-state index is 11.6. The normalized spacial score (nSPS) is 10.1. The number of carbonyl (C=O) groups excluding carboxylic acids is 1. The molecule has 2 aromatic rings. The van der Waals surface area contributed by atoms with Crippen LogP contribution in [0.3, 0.4) is 0 Å². The molecule has 0 atom stereocenters. The fraction of sp³-hybridized carbons (Fsp3) is 0.214. The second-order valence-corrected chi connectivity index (χ2v) is 3.84. The van der Waals surface area contributed by atoms with Gasteiger partial charge < -0.3 is 19.2 Å². The van der Waals surface area contributed by atoms with Gasteiger partial charge in [0.05, 0.1) is 26.9 Å². The van der Waals surface area contributed by atoms with Crippen LogP contribution in [-0.4, -0.2) is 32.3 Å². The predicted octanol–water partition coefficient (Wildman–Crippen LogP) is 2.49. The first-order valence-electron chi connectivity index (χ1n) is 5.68. The first kappa shape index (κ1) is 13.0. The average molecular weight is 261 g/mol. The number of nitrogens with one attached hydrogen (secondary N) is 1. The number of benzene rings is 1. The van der Waals surface area contributed by atoms with Crippen LogP contribution >= 0.6 is 0 Å². The van der Waals surface area contributed by atoms with Crippen molar-refractivity contribution in [3.8, 4) is 22.6 Å². The van der Waals surface area contributed by atoms with Crippen molar-refractivity contribution >= 4 is 5.97 Å². The Labute approximate surface area is 111 Å². The highest BCUT2D eigenvalue weighted by molar-refractivity contribution is 5.97. The molecular weight excluding hydrogens is 246 g/mol. The molecule has 0 saturated carbocycles. The van der Waals surface area contributed by atoms with Gasteiger partial charge in [-0.2, -0.15) is 0 Å². The maximum Gasteiger partial charge on any atom is 0.340 e. The van der Waals surface area contributed by atoms with Crippen molar-refractivity contribution in [2.24, 2.45) is 0 Å². The summed E-state index contributed by atoms with van der Waals surface area (Å²) in [5.74, 6) is 0.865. The van der Waals surface area contributed by atoms with Crippen LogP contribution in [-0.2, 0) is 4.74 Å². The summed E-state index contributed by atoms with van der Waals surface area (Å²) in [5.41, 5.74) is 2.09. The van der Waals surface area contributed by atoms with Gasteiger partial charge in [-0.15, -0.1) is 0 Å². The van der Waals surface area contributed by atoms with Gasteiger partial charge in [0, 0.05) is 18.0 Å². The summed E-state index contributed by atoms with van der Waals surface area (Å²) < 4.78 is 15.2. The van der Waals surface area contributed by atoms with Crippen LogP contribution in [0.1, 0.15) is 10.4 Å². The number of ether oxygens (including phenoxy) is 3. The Balaban J connectivity index is 2.48. The SMILES string of the molecule is COC(=O)c1c[nH]cc1-c1ccc(OC)c(OC)c1. The summed E-state index contributed by atoms with van der Waals surface area (Å²) in [5, 5.41) is 0. The fourth-order valence-corrected chi connectivity index (χ4v) is 1.89. The molecule has 0 saturated heterocycles. The third-order valence-electron chi connectivity index (χ3n) is 2.85. The van der Waals surface area contributed by atoms with Gasteiger partial charge in [-0.25, -0.2) is 4.79 Å². The predicted molar refractivity (Wildman–Crippen MR) is 70.7 cm³/mol. The van der Waals surface area contributed by atoms with E-state index in [1.807, 2.05) is 12.1 Å². The van der Waals surface area contributed by atoms with Crippen LogP contribution in [0.2, 0.25) is 0 Å². The number of aromatic nitrogens is 1. The molecule has 0 bridgehead atoms. The lowest BCUT2D eigenvalue weighted by molar-refractivity contribution is 0.0602. The first-order chi connectivity index (χ1) is 9.21. The summed E-state index contributed by atoms with van der Waals surface area (Å²) in [6.45, 7) is 0. The molecule has 5 nitrogen and oxygen atoms in total. The first-order valence-corrected chi connectivity index (χ1v) is 5.68. The van der Waals surface area contributed by atoms with Crippen molar-refractivity contribution in [3.05, 3.63) is 36.2 Å². The quantitative estimate of drug-likeness (QED) is 0.859. The molecule has 0 aliphatic carbocycles. The average Bonchev–Trinajstić information content (AvgIpc) is 2.95. The zero-order chi connectivity index (χ0) is 13.8. The van der Waals surface area contributed by atoms with E-state index in [9.17, 15) is 4.79 Å². The van der Waals surface area contributed by atoms with Gasteiger partial charge in [-0.05, 0) is 17.7 Å². The second-order valence-electron chi connectivity index (χ2n) is 3.84. The molecule has 1 aromatic carbocycles. The van der Waals surface area contributed by atoms with Crippen LogP contribution < -0.4 is 9.47 Å². The van der Waals surface area contributed by atoms with Crippen LogP contribution in [0.5, 0.6) is 11.5 Å². The molecule has 0 spiro atoms. The highest BCUT2D eigenvalue weighted by Gasteiger charge is 2.15. The number of hydrogen-bond acceptors (Lipinski definition) is 4. The highest BCUT2D eigenvalue weighted by atomic mass is 16.5. The summed E-state index contributed by atoms with van der Waals surface area (Å²) >= 11 is 0. The number of aromatic amines is 1. The molecule has 0 aliphatic rings. The molecule has 19 heavy (non-hydrogen) atoms. The molecule has 100 valence electrons. The Morgan fingerprint density at radius 3 is 2.42 bits per heavy atom. The molecular formula is C14H15NO4. The van der Waals surface area contributed by atoms with Gasteiger partial charge in [-0.1, -0.05) is 6.07 Å². The molecule has 2 rings (SSSR count). The summed E-state index contributed by atoms with van der Waals surface area (Å²) in [7, 11) is 4.50. The highest BCUT2D eigenvalue weighted by Crippen LogP contribution is 2.33. The zero-order valence-corrected chi connectivity index (χ0v) is 11.0. The summed E-state index contributed by atoms with van der Waals surface area (Å²) in [4.78, 5) is 14.6. The second kappa shape index (κ2) is 5.48. The molecule has 1 heterocycles. The molecule has 1 N–H and O–H groups in total. The maximum atomic E-state index is 11.6. The number of methoxy groups -OCH3 is 3. The van der Waals surface area contributed by atoms with Crippen LogP contribution in [0.15, 0.2) is 30.6 Å². The van der Waals surface area contributed by atoms with Crippen molar-refractivity contribution in [2.45, 2.75) is 0 Å². The lowest BCUT2D eigenvalue weighted by Gasteiger charge is -2.09. The monoisotopic (exact) mass is 261 g/mol. The van der Waals surface area contributed by atoms with E-state index in [4.69, 9.17) is 14.2 Å². The van der Waals surface area contributed by atoms with Gasteiger partial charge >= 0.3 is 5.97 Å². The molecule has 0 amide bonds. The van der Waals surface area contributed by atoms with Crippen molar-refractivity contribution in [3.63, 3.8) is 0 Å². The Morgan fingerprint density at radius 1 is 1.05 bits per heavy atom. The van der Waals surface area contributed by atoms with E-state index in [2.05, 4.69) is 4.98 Å². The van der Waals surface area contributed by atoms with E-state index >= 15 is 0 Å². The Bertz CT molecular complexity index is 589. The van der Waals surface area contributed by atoms with E-state index in [-0.39, 0.29) is 5.97 Å². The Kier molecular flexibility index (Phi) is 3.75. The minimum absolute atomic E-state index is 0.383. The number of esters is 1. The molecule has 5 heteroatoms. The van der Waals surface area contributed by atoms with Gasteiger partial charge in [0.25, 0.3) is 0 Å². The van der Waals surface area contributed by atoms with E-state index < -0.39 is 0 Å². The van der Waals surface area contributed by atoms with Gasteiger partial charge in [0.1, 0.15) is 0 Å². The van der Waals surface area contributed by atoms with Crippen molar-refractivity contribution in [1.82, 2.24) is 4.98 Å². The van der Waals surface area contributed by atoms with Gasteiger partial charge in [0.15, 0.2) is 11.5 Å². The number of carbonyl (C=O) groups is 1. The molecule has 0 aliphatic heterocycles. The lowest BCUT2D eigenvalue weighted by atomic mass is 10.0. The van der Waals surface area contributed by atoms with Crippen molar-refractivity contribution < 1.29 is 19.0 Å². The van der Waals surface area contributed by atoms with Crippen molar-refractivity contribution in [2.75, 3.05) is 21.3 Å². The molecule has 0 fully saturated rings. The summed E-state index contributed by atoms with van der Waals surface area (Å²) in [6.07, 6.45) is 3.35. The number of rotatable bonds is 4. The summed E-state index contributed by atoms with van der Waals surface area (Å²) in [6, 6.07) is 5.47. The third-order valence-corrected chi connectivity index (χ3v) is 2.85. The fourth-order valence-electron chi connectivity index (χ4n) is 1.89. The van der Waals surface area contributed by atoms with Crippen LogP contribution in [0.25, 0.3) is 11.1 Å². The van der Waals surface area contributed by atoms with E-state index in [1.165, 1.54) is 7.11 Å². The minimum Gasteiger partial charge on any atom is -0.493 e. The molecule has 0 radical (unpaired) electrons. The molecule has 1 aromatic heterocycles. The number of H-pyrrole nitrogens is 1. The lowest BCUT2D eigenvalue weighted by Crippen LogP contribution is -2.01. The van der Waals surface area contributed by atoms with Crippen LogP contribution in [0, 0.1) is 0 Å². The van der Waals surface area contributed by atoms with Gasteiger partial charge in [0.2, 0.25) is 0 Å². The minimum atomic E-state index is -0.383. The smallest absolute Gasteiger partial charge is 0.340 e. The van der Waals surface area contributed by atoms with Gasteiger partial charge in [-0.3, -0.25) is 0 Å². The third kappa shape index (κ3) is 2.40. The standard InChI is InChI=1S/C14H15NO4/c1-17-12-5-4-9(6-13(12)18-2)10-7-15-8-11(10)14(16)19-3/h4-8,15H,1-3H3. The Hall–Kier alpha value is -2.43. The van der Waals surface area contributed by atoms with Crippen LogP contribution in [0.4, 0.5) is 0 Å². The van der Waals surface area contributed by atoms with E-state index in [0.717, 1.165) is 11.1 Å². The topological polar surface area (TPSA) is 60.6 Å². The zero-order valence-electron chi connectivity index (χ0n) is 11.0. The molecule has 0 unspecified atom stereocenters. The number of hydrogen-bond donors (Lipinski definition) is 1. The van der Waals surface area contributed by atoms with Crippen molar-refractivity contribution in [1.29, 1.82) is 0 Å². The van der Waals surface area contributed by atoms with E-state index in [0.29, 0.717) is 17.1 Å². The largest absolute Gasteiger partial charge is 0.493 e. The van der Waals surface area contributed by atoms with E-state index in [1.54, 1.807) is 32.7 Å².